The molecule has 2 N–H and O–H groups in total. The van der Waals surface area contributed by atoms with E-state index in [-0.39, 0.29) is 17.5 Å². The lowest BCUT2D eigenvalue weighted by Gasteiger charge is -2.28. The molecule has 2 unspecified atom stereocenters. The van der Waals surface area contributed by atoms with Gasteiger partial charge in [-0.2, -0.15) is 0 Å². The molecule has 0 bridgehead atoms. The van der Waals surface area contributed by atoms with Crippen LogP contribution in [0.3, 0.4) is 0 Å². The molecule has 0 saturated heterocycles. The summed E-state index contributed by atoms with van der Waals surface area (Å²) in [6, 6.07) is 6.43. The zero-order chi connectivity index (χ0) is 14.5. The third-order valence-electron chi connectivity index (χ3n) is 3.88. The summed E-state index contributed by atoms with van der Waals surface area (Å²) in [5.74, 6) is -1.08. The lowest BCUT2D eigenvalue weighted by atomic mass is 9.79. The van der Waals surface area contributed by atoms with Crippen molar-refractivity contribution in [2.75, 3.05) is 11.9 Å². The Labute approximate surface area is 117 Å². The molecular weight excluding hydrogens is 260 g/mol. The number of nitrogens with zero attached hydrogens (tertiary/aromatic N) is 1. The molecule has 2 atom stereocenters. The second-order valence-electron chi connectivity index (χ2n) is 5.14. The SMILES string of the molecule is O=C(O)C1CCCCC1CNc1ccccc1[N+](=O)[O-]. The summed E-state index contributed by atoms with van der Waals surface area (Å²) >= 11 is 0. The minimum Gasteiger partial charge on any atom is -0.481 e. The fourth-order valence-corrected chi connectivity index (χ4v) is 2.80. The van der Waals surface area contributed by atoms with Crippen LogP contribution in [0.25, 0.3) is 0 Å². The maximum Gasteiger partial charge on any atom is 0.306 e. The first kappa shape index (κ1) is 14.3. The van der Waals surface area contributed by atoms with Crippen molar-refractivity contribution >= 4 is 17.3 Å². The number of anilines is 1. The van der Waals surface area contributed by atoms with E-state index in [0.717, 1.165) is 19.3 Å². The third kappa shape index (κ3) is 3.26. The first-order valence-corrected chi connectivity index (χ1v) is 6.79. The molecule has 0 heterocycles. The Morgan fingerprint density at radius 1 is 1.35 bits per heavy atom. The molecule has 1 aromatic rings. The summed E-state index contributed by atoms with van der Waals surface area (Å²) in [6.45, 7) is 0.460. The summed E-state index contributed by atoms with van der Waals surface area (Å²) in [5.41, 5.74) is 0.474. The van der Waals surface area contributed by atoms with E-state index in [9.17, 15) is 20.0 Å². The van der Waals surface area contributed by atoms with Crippen LogP contribution in [0.1, 0.15) is 25.7 Å². The smallest absolute Gasteiger partial charge is 0.306 e. The van der Waals surface area contributed by atoms with Crippen molar-refractivity contribution < 1.29 is 14.8 Å². The van der Waals surface area contributed by atoms with E-state index in [1.165, 1.54) is 6.07 Å². The number of aliphatic carboxylic acids is 1. The number of carboxylic acid groups (broad SMARTS) is 1. The normalized spacial score (nSPS) is 22.2. The largest absolute Gasteiger partial charge is 0.481 e. The van der Waals surface area contributed by atoms with Gasteiger partial charge in [0.05, 0.1) is 10.8 Å². The number of nitro groups is 1. The molecule has 6 nitrogen and oxygen atoms in total. The number of carbonyl (C=O) groups is 1. The fraction of sp³-hybridized carbons (Fsp3) is 0.500. The quantitative estimate of drug-likeness (QED) is 0.638. The van der Waals surface area contributed by atoms with Gasteiger partial charge in [-0.25, -0.2) is 0 Å². The number of hydrogen-bond donors (Lipinski definition) is 2. The van der Waals surface area contributed by atoms with Crippen molar-refractivity contribution in [1.29, 1.82) is 0 Å². The summed E-state index contributed by atoms with van der Waals surface area (Å²) in [6.07, 6.45) is 3.51. The lowest BCUT2D eigenvalue weighted by molar-refractivity contribution is -0.384. The molecule has 20 heavy (non-hydrogen) atoms. The van der Waals surface area contributed by atoms with Gasteiger partial charge in [0.15, 0.2) is 0 Å². The number of rotatable bonds is 5. The van der Waals surface area contributed by atoms with Gasteiger partial charge in [0.25, 0.3) is 5.69 Å². The Bertz CT molecular complexity index is 504. The standard InChI is InChI=1S/C14H18N2O4/c17-14(18)11-6-2-1-5-10(11)9-15-12-7-3-4-8-13(12)16(19)20/h3-4,7-8,10-11,15H,1-2,5-6,9H2,(H,17,18). The van der Waals surface area contributed by atoms with Gasteiger partial charge < -0.3 is 10.4 Å². The van der Waals surface area contributed by atoms with E-state index < -0.39 is 10.9 Å². The molecule has 2 rings (SSSR count). The van der Waals surface area contributed by atoms with Crippen molar-refractivity contribution in [2.45, 2.75) is 25.7 Å². The Morgan fingerprint density at radius 3 is 2.75 bits per heavy atom. The number of benzene rings is 1. The molecule has 108 valence electrons. The van der Waals surface area contributed by atoms with Crippen molar-refractivity contribution in [1.82, 2.24) is 0 Å². The van der Waals surface area contributed by atoms with Gasteiger partial charge in [-0.3, -0.25) is 14.9 Å². The average Bonchev–Trinajstić information content (AvgIpc) is 2.45. The molecule has 1 aromatic carbocycles. The van der Waals surface area contributed by atoms with Gasteiger partial charge in [-0.05, 0) is 24.8 Å². The van der Waals surface area contributed by atoms with Gasteiger partial charge in [-0.15, -0.1) is 0 Å². The van der Waals surface area contributed by atoms with E-state index in [0.29, 0.717) is 18.7 Å². The van der Waals surface area contributed by atoms with Crippen LogP contribution in [0, 0.1) is 22.0 Å². The highest BCUT2D eigenvalue weighted by atomic mass is 16.6. The number of para-hydroxylation sites is 2. The first-order chi connectivity index (χ1) is 9.59. The summed E-state index contributed by atoms with van der Waals surface area (Å²) in [5, 5.41) is 23.2. The van der Waals surface area contributed by atoms with Gasteiger partial charge in [0, 0.05) is 12.6 Å². The van der Waals surface area contributed by atoms with Crippen molar-refractivity contribution in [2.24, 2.45) is 11.8 Å². The van der Waals surface area contributed by atoms with E-state index in [1.54, 1.807) is 18.2 Å². The van der Waals surface area contributed by atoms with E-state index >= 15 is 0 Å². The average molecular weight is 278 g/mol. The van der Waals surface area contributed by atoms with Crippen LogP contribution in [0.2, 0.25) is 0 Å². The number of nitro benzene ring substituents is 1. The van der Waals surface area contributed by atoms with Crippen LogP contribution < -0.4 is 5.32 Å². The molecule has 1 fully saturated rings. The Hall–Kier alpha value is -2.11. The molecular formula is C14H18N2O4. The van der Waals surface area contributed by atoms with Crippen LogP contribution in [0.4, 0.5) is 11.4 Å². The maximum absolute atomic E-state index is 11.2. The maximum atomic E-state index is 11.2. The molecule has 0 aliphatic heterocycles. The zero-order valence-corrected chi connectivity index (χ0v) is 11.1. The summed E-state index contributed by atoms with van der Waals surface area (Å²) in [7, 11) is 0. The van der Waals surface area contributed by atoms with Crippen LogP contribution in [-0.4, -0.2) is 22.5 Å². The Balaban J connectivity index is 2.04. The van der Waals surface area contributed by atoms with Gasteiger partial charge >= 0.3 is 5.97 Å². The second kappa shape index (κ2) is 6.36. The number of carboxylic acids is 1. The predicted octanol–water partition coefficient (Wildman–Crippen LogP) is 2.90. The van der Waals surface area contributed by atoms with Crippen molar-refractivity contribution in [3.63, 3.8) is 0 Å². The highest BCUT2D eigenvalue weighted by Gasteiger charge is 2.30. The molecule has 0 spiro atoms. The molecule has 6 heteroatoms. The molecule has 0 radical (unpaired) electrons. The summed E-state index contributed by atoms with van der Waals surface area (Å²) in [4.78, 5) is 21.7. The topological polar surface area (TPSA) is 92.5 Å². The number of nitrogens with one attached hydrogen (secondary N) is 1. The highest BCUT2D eigenvalue weighted by molar-refractivity contribution is 5.70. The minimum absolute atomic E-state index is 0.0233. The molecule has 1 aliphatic carbocycles. The van der Waals surface area contributed by atoms with Gasteiger partial charge in [0.1, 0.15) is 5.69 Å². The molecule has 0 aromatic heterocycles. The van der Waals surface area contributed by atoms with Crippen molar-refractivity contribution in [3.8, 4) is 0 Å². The fourth-order valence-electron chi connectivity index (χ4n) is 2.80. The van der Waals surface area contributed by atoms with Crippen LogP contribution in [-0.2, 0) is 4.79 Å². The van der Waals surface area contributed by atoms with Gasteiger partial charge in [-0.1, -0.05) is 25.0 Å². The van der Waals surface area contributed by atoms with Gasteiger partial charge in [0.2, 0.25) is 0 Å². The Morgan fingerprint density at radius 2 is 2.05 bits per heavy atom. The third-order valence-corrected chi connectivity index (χ3v) is 3.88. The monoisotopic (exact) mass is 278 g/mol. The van der Waals surface area contributed by atoms with Crippen LogP contribution >= 0.6 is 0 Å². The van der Waals surface area contributed by atoms with Crippen LogP contribution in [0.5, 0.6) is 0 Å². The molecule has 1 saturated carbocycles. The summed E-state index contributed by atoms with van der Waals surface area (Å²) < 4.78 is 0. The van der Waals surface area contributed by atoms with Crippen molar-refractivity contribution in [3.05, 3.63) is 34.4 Å². The first-order valence-electron chi connectivity index (χ1n) is 6.79. The highest BCUT2D eigenvalue weighted by Crippen LogP contribution is 2.31. The number of hydrogen-bond acceptors (Lipinski definition) is 4. The predicted molar refractivity (Wildman–Crippen MR) is 74.7 cm³/mol. The second-order valence-corrected chi connectivity index (χ2v) is 5.14. The van der Waals surface area contributed by atoms with E-state index in [1.807, 2.05) is 0 Å². The molecule has 1 aliphatic rings. The molecule has 0 amide bonds. The van der Waals surface area contributed by atoms with E-state index in [2.05, 4.69) is 5.32 Å². The van der Waals surface area contributed by atoms with Crippen LogP contribution in [0.15, 0.2) is 24.3 Å². The lowest BCUT2D eigenvalue weighted by Crippen LogP contribution is -2.31. The minimum atomic E-state index is -0.765. The Kier molecular flexibility index (Phi) is 4.55. The zero-order valence-electron chi connectivity index (χ0n) is 11.1. The van der Waals surface area contributed by atoms with E-state index in [4.69, 9.17) is 0 Å².